The standard InChI is InChI=1S/C16H24O2S/c1-11-9-16(18-3)12(2)8-14(11)15(17)10-19-13-6-4-5-7-13/h8-9,13,15,17H,4-7,10H2,1-3H3. The van der Waals surface area contributed by atoms with Crippen molar-refractivity contribution in [1.29, 1.82) is 0 Å². The van der Waals surface area contributed by atoms with Crippen LogP contribution in [0.25, 0.3) is 0 Å². The van der Waals surface area contributed by atoms with Gasteiger partial charge in [0.1, 0.15) is 5.75 Å². The lowest BCUT2D eigenvalue weighted by Crippen LogP contribution is -2.07. The molecule has 1 aliphatic carbocycles. The Morgan fingerprint density at radius 2 is 1.95 bits per heavy atom. The Hall–Kier alpha value is -0.670. The Morgan fingerprint density at radius 3 is 2.58 bits per heavy atom. The van der Waals surface area contributed by atoms with Crippen molar-refractivity contribution >= 4 is 11.8 Å². The maximum absolute atomic E-state index is 10.4. The van der Waals surface area contributed by atoms with E-state index >= 15 is 0 Å². The van der Waals surface area contributed by atoms with Gasteiger partial charge < -0.3 is 9.84 Å². The number of aliphatic hydroxyl groups is 1. The molecule has 0 heterocycles. The first-order valence-electron chi connectivity index (χ1n) is 7.06. The van der Waals surface area contributed by atoms with Crippen LogP contribution in [0.15, 0.2) is 12.1 Å². The topological polar surface area (TPSA) is 29.5 Å². The van der Waals surface area contributed by atoms with Crippen LogP contribution < -0.4 is 4.74 Å². The third-order valence-corrected chi connectivity index (χ3v) is 5.39. The molecule has 0 aromatic heterocycles. The highest BCUT2D eigenvalue weighted by molar-refractivity contribution is 7.99. The van der Waals surface area contributed by atoms with Gasteiger partial charge in [0.25, 0.3) is 0 Å². The lowest BCUT2D eigenvalue weighted by Gasteiger charge is -2.18. The van der Waals surface area contributed by atoms with E-state index in [-0.39, 0.29) is 6.10 Å². The molecule has 1 N–H and O–H groups in total. The molecule has 106 valence electrons. The second-order valence-corrected chi connectivity index (χ2v) is 6.77. The molecule has 1 aliphatic rings. The van der Waals surface area contributed by atoms with Gasteiger partial charge in [0.2, 0.25) is 0 Å². The predicted molar refractivity (Wildman–Crippen MR) is 82.1 cm³/mol. The van der Waals surface area contributed by atoms with Crippen molar-refractivity contribution in [2.45, 2.75) is 50.9 Å². The molecule has 0 amide bonds. The van der Waals surface area contributed by atoms with Crippen LogP contribution in [-0.4, -0.2) is 23.2 Å². The Labute approximate surface area is 120 Å². The van der Waals surface area contributed by atoms with Gasteiger partial charge in [0.15, 0.2) is 0 Å². The fraction of sp³-hybridized carbons (Fsp3) is 0.625. The monoisotopic (exact) mass is 280 g/mol. The van der Waals surface area contributed by atoms with E-state index in [2.05, 4.69) is 6.07 Å². The van der Waals surface area contributed by atoms with E-state index in [1.807, 2.05) is 31.7 Å². The lowest BCUT2D eigenvalue weighted by atomic mass is 10.0. The molecule has 0 bridgehead atoms. The summed E-state index contributed by atoms with van der Waals surface area (Å²) >= 11 is 1.93. The highest BCUT2D eigenvalue weighted by Gasteiger charge is 2.19. The van der Waals surface area contributed by atoms with Crippen LogP contribution >= 0.6 is 11.8 Å². The zero-order valence-corrected chi connectivity index (χ0v) is 12.9. The fourth-order valence-electron chi connectivity index (χ4n) is 2.76. The minimum Gasteiger partial charge on any atom is -0.496 e. The van der Waals surface area contributed by atoms with E-state index in [9.17, 15) is 5.11 Å². The summed E-state index contributed by atoms with van der Waals surface area (Å²) in [6, 6.07) is 4.09. The lowest BCUT2D eigenvalue weighted by molar-refractivity contribution is 0.203. The highest BCUT2D eigenvalue weighted by atomic mass is 32.2. The summed E-state index contributed by atoms with van der Waals surface area (Å²) in [5, 5.41) is 11.1. The number of hydrogen-bond donors (Lipinski definition) is 1. The number of methoxy groups -OCH3 is 1. The Bertz CT molecular complexity index is 425. The third kappa shape index (κ3) is 3.67. The number of ether oxygens (including phenoxy) is 1. The van der Waals surface area contributed by atoms with Crippen LogP contribution in [0, 0.1) is 13.8 Å². The summed E-state index contributed by atoms with van der Waals surface area (Å²) in [6.07, 6.45) is 4.98. The summed E-state index contributed by atoms with van der Waals surface area (Å²) in [6.45, 7) is 4.07. The maximum Gasteiger partial charge on any atom is 0.122 e. The molecule has 2 nitrogen and oxygen atoms in total. The van der Waals surface area contributed by atoms with Crippen LogP contribution in [0.4, 0.5) is 0 Å². The third-order valence-electron chi connectivity index (χ3n) is 3.93. The van der Waals surface area contributed by atoms with Gasteiger partial charge in [-0.1, -0.05) is 12.8 Å². The smallest absolute Gasteiger partial charge is 0.122 e. The van der Waals surface area contributed by atoms with Crippen molar-refractivity contribution in [3.8, 4) is 5.75 Å². The van der Waals surface area contributed by atoms with Gasteiger partial charge in [-0.2, -0.15) is 11.8 Å². The van der Waals surface area contributed by atoms with E-state index in [0.717, 1.165) is 33.4 Å². The summed E-state index contributed by atoms with van der Waals surface area (Å²) in [7, 11) is 1.69. The molecular weight excluding hydrogens is 256 g/mol. The van der Waals surface area contributed by atoms with Gasteiger partial charge in [-0.3, -0.25) is 0 Å². The van der Waals surface area contributed by atoms with Gasteiger partial charge in [0.05, 0.1) is 13.2 Å². The first-order valence-corrected chi connectivity index (χ1v) is 8.11. The predicted octanol–water partition coefficient (Wildman–Crippen LogP) is 4.02. The zero-order chi connectivity index (χ0) is 13.8. The molecule has 0 saturated heterocycles. The van der Waals surface area contributed by atoms with Crippen LogP contribution in [0.1, 0.15) is 48.5 Å². The van der Waals surface area contributed by atoms with Gasteiger partial charge in [-0.05, 0) is 55.5 Å². The van der Waals surface area contributed by atoms with Crippen molar-refractivity contribution in [2.24, 2.45) is 0 Å². The van der Waals surface area contributed by atoms with Crippen molar-refractivity contribution in [3.05, 3.63) is 28.8 Å². The van der Waals surface area contributed by atoms with E-state index < -0.39 is 0 Å². The van der Waals surface area contributed by atoms with E-state index in [0.29, 0.717) is 0 Å². The van der Waals surface area contributed by atoms with Crippen molar-refractivity contribution < 1.29 is 9.84 Å². The number of benzene rings is 1. The maximum atomic E-state index is 10.4. The molecule has 1 aromatic rings. The minimum absolute atomic E-state index is 0.366. The van der Waals surface area contributed by atoms with Gasteiger partial charge in [-0.15, -0.1) is 0 Å². The number of aliphatic hydroxyl groups excluding tert-OH is 1. The normalized spacial score (nSPS) is 17.7. The number of aryl methyl sites for hydroxylation is 2. The SMILES string of the molecule is COc1cc(C)c(C(O)CSC2CCCC2)cc1C. The quantitative estimate of drug-likeness (QED) is 0.883. The van der Waals surface area contributed by atoms with Crippen molar-refractivity contribution in [1.82, 2.24) is 0 Å². The molecule has 1 saturated carbocycles. The average Bonchev–Trinajstić information content (AvgIpc) is 2.91. The van der Waals surface area contributed by atoms with Crippen LogP contribution in [0.5, 0.6) is 5.75 Å². The van der Waals surface area contributed by atoms with Gasteiger partial charge >= 0.3 is 0 Å². The molecule has 3 heteroatoms. The molecule has 19 heavy (non-hydrogen) atoms. The largest absolute Gasteiger partial charge is 0.496 e. The van der Waals surface area contributed by atoms with Crippen molar-refractivity contribution in [3.63, 3.8) is 0 Å². The molecule has 2 rings (SSSR count). The molecule has 1 unspecified atom stereocenters. The molecule has 1 aromatic carbocycles. The van der Waals surface area contributed by atoms with Gasteiger partial charge in [0, 0.05) is 11.0 Å². The summed E-state index contributed by atoms with van der Waals surface area (Å²) < 4.78 is 5.31. The Kier molecular flexibility index (Phi) is 5.17. The number of thioether (sulfide) groups is 1. The summed E-state index contributed by atoms with van der Waals surface area (Å²) in [4.78, 5) is 0. The second kappa shape index (κ2) is 6.67. The molecule has 0 radical (unpaired) electrons. The van der Waals surface area contributed by atoms with Gasteiger partial charge in [-0.25, -0.2) is 0 Å². The summed E-state index contributed by atoms with van der Waals surface area (Å²) in [5.41, 5.74) is 3.25. The molecule has 0 aliphatic heterocycles. The summed E-state index contributed by atoms with van der Waals surface area (Å²) in [5.74, 6) is 1.70. The van der Waals surface area contributed by atoms with Crippen LogP contribution in [0.2, 0.25) is 0 Å². The van der Waals surface area contributed by atoms with Crippen LogP contribution in [0.3, 0.4) is 0 Å². The van der Waals surface area contributed by atoms with Crippen LogP contribution in [-0.2, 0) is 0 Å². The second-order valence-electron chi connectivity index (χ2n) is 5.43. The van der Waals surface area contributed by atoms with E-state index in [1.54, 1.807) is 7.11 Å². The molecule has 0 spiro atoms. The van der Waals surface area contributed by atoms with Crippen molar-refractivity contribution in [2.75, 3.05) is 12.9 Å². The van der Waals surface area contributed by atoms with E-state index in [1.165, 1.54) is 25.7 Å². The fourth-order valence-corrected chi connectivity index (χ4v) is 4.06. The number of hydrogen-bond acceptors (Lipinski definition) is 3. The Balaban J connectivity index is 2.01. The first kappa shape index (κ1) is 14.7. The van der Waals surface area contributed by atoms with E-state index in [4.69, 9.17) is 4.74 Å². The zero-order valence-electron chi connectivity index (χ0n) is 12.1. The molecule has 1 fully saturated rings. The molecular formula is C16H24O2S. The highest BCUT2D eigenvalue weighted by Crippen LogP contribution is 2.33. The minimum atomic E-state index is -0.366. The molecule has 1 atom stereocenters. The number of rotatable bonds is 5. The average molecular weight is 280 g/mol. The Morgan fingerprint density at radius 1 is 1.26 bits per heavy atom. The first-order chi connectivity index (χ1) is 9.11.